The van der Waals surface area contributed by atoms with Gasteiger partial charge in [0, 0.05) is 37.8 Å². The molecule has 1 aromatic carbocycles. The molecule has 3 N–H and O–H groups in total. The van der Waals surface area contributed by atoms with E-state index in [2.05, 4.69) is 15.5 Å². The van der Waals surface area contributed by atoms with E-state index in [1.165, 1.54) is 28.6 Å². The van der Waals surface area contributed by atoms with E-state index in [1.54, 1.807) is 17.0 Å². The Labute approximate surface area is 177 Å². The summed E-state index contributed by atoms with van der Waals surface area (Å²) in [5, 5.41) is 11.4. The van der Waals surface area contributed by atoms with Crippen LogP contribution in [-0.2, 0) is 9.59 Å². The number of rotatable bonds is 7. The molecule has 1 aromatic heterocycles. The minimum atomic E-state index is -0.394. The predicted molar refractivity (Wildman–Crippen MR) is 111 cm³/mol. The Kier molecular flexibility index (Phi) is 6.18. The molecular weight excluding hydrogens is 409 g/mol. The molecule has 2 fully saturated rings. The number of amides is 2. The number of nitrogens with one attached hydrogen (secondary N) is 1. The number of carbonyl (C=O) groups excluding carboxylic acids is 2. The second-order valence-electron chi connectivity index (χ2n) is 7.49. The van der Waals surface area contributed by atoms with Crippen LogP contribution in [0.3, 0.4) is 0 Å². The van der Waals surface area contributed by atoms with Crippen LogP contribution in [0.1, 0.15) is 24.6 Å². The summed E-state index contributed by atoms with van der Waals surface area (Å²) in [6, 6.07) is 5.80. The fourth-order valence-corrected chi connectivity index (χ4v) is 4.12. The van der Waals surface area contributed by atoms with Crippen LogP contribution < -0.4 is 11.2 Å². The summed E-state index contributed by atoms with van der Waals surface area (Å²) >= 11 is 1.29. The van der Waals surface area contributed by atoms with E-state index in [0.29, 0.717) is 42.9 Å². The zero-order valence-corrected chi connectivity index (χ0v) is 17.3. The number of aromatic nitrogens is 3. The Hall–Kier alpha value is -2.66. The van der Waals surface area contributed by atoms with Crippen LogP contribution in [0.5, 0.6) is 0 Å². The van der Waals surface area contributed by atoms with Crippen molar-refractivity contribution in [3.05, 3.63) is 35.9 Å². The molecule has 0 bridgehead atoms. The highest BCUT2D eigenvalue weighted by atomic mass is 32.2. The second-order valence-corrected chi connectivity index (χ2v) is 8.43. The van der Waals surface area contributed by atoms with Gasteiger partial charge in [0.1, 0.15) is 5.82 Å². The van der Waals surface area contributed by atoms with Crippen LogP contribution in [0.2, 0.25) is 0 Å². The van der Waals surface area contributed by atoms with Gasteiger partial charge in [-0.2, -0.15) is 0 Å². The summed E-state index contributed by atoms with van der Waals surface area (Å²) < 4.78 is 14.7. The quantitative estimate of drug-likeness (QED) is 0.493. The number of benzene rings is 1. The van der Waals surface area contributed by atoms with Crippen molar-refractivity contribution in [2.45, 2.75) is 23.9 Å². The zero-order chi connectivity index (χ0) is 21.1. The van der Waals surface area contributed by atoms with Crippen LogP contribution in [0, 0.1) is 5.82 Å². The van der Waals surface area contributed by atoms with Gasteiger partial charge in [-0.3, -0.25) is 14.5 Å². The highest BCUT2D eigenvalue weighted by Crippen LogP contribution is 2.39. The van der Waals surface area contributed by atoms with E-state index in [1.807, 2.05) is 4.90 Å². The zero-order valence-electron chi connectivity index (χ0n) is 16.5. The van der Waals surface area contributed by atoms with Gasteiger partial charge in [0.2, 0.25) is 17.0 Å². The molecule has 11 heteroatoms. The lowest BCUT2D eigenvalue weighted by molar-refractivity contribution is -0.130. The maximum Gasteiger partial charge on any atom is 0.238 e. The lowest BCUT2D eigenvalue weighted by Crippen LogP contribution is -2.50. The first-order chi connectivity index (χ1) is 14.5. The topological polar surface area (TPSA) is 109 Å². The molecule has 160 valence electrons. The van der Waals surface area contributed by atoms with E-state index in [-0.39, 0.29) is 24.1 Å². The summed E-state index contributed by atoms with van der Waals surface area (Å²) in [5.74, 6) is 6.87. The molecule has 4 rings (SSSR count). The maximum atomic E-state index is 13.2. The lowest BCUT2D eigenvalue weighted by Gasteiger charge is -2.34. The van der Waals surface area contributed by atoms with Gasteiger partial charge in [0.05, 0.1) is 12.3 Å². The van der Waals surface area contributed by atoms with Crippen molar-refractivity contribution in [2.75, 3.05) is 49.6 Å². The molecule has 2 heterocycles. The Morgan fingerprint density at radius 1 is 1.20 bits per heavy atom. The average molecular weight is 434 g/mol. The largest absolute Gasteiger partial charge is 0.339 e. The molecule has 0 spiro atoms. The van der Waals surface area contributed by atoms with E-state index in [4.69, 9.17) is 5.84 Å². The molecule has 1 saturated carbocycles. The Balaban J connectivity index is 1.19. The van der Waals surface area contributed by atoms with Crippen LogP contribution in [0.15, 0.2) is 29.4 Å². The molecule has 0 unspecified atom stereocenters. The molecule has 1 aliphatic carbocycles. The highest BCUT2D eigenvalue weighted by Gasteiger charge is 2.30. The summed E-state index contributed by atoms with van der Waals surface area (Å²) in [7, 11) is 0. The normalized spacial score (nSPS) is 17.2. The van der Waals surface area contributed by atoms with E-state index in [0.717, 1.165) is 18.7 Å². The van der Waals surface area contributed by atoms with Gasteiger partial charge in [-0.25, -0.2) is 9.07 Å². The van der Waals surface area contributed by atoms with Crippen molar-refractivity contribution in [1.29, 1.82) is 0 Å². The third-order valence-electron chi connectivity index (χ3n) is 5.16. The van der Waals surface area contributed by atoms with Gasteiger partial charge < -0.3 is 16.1 Å². The molecule has 2 aliphatic rings. The molecule has 0 atom stereocenters. The standard InChI is InChI=1S/C19H24FN7O2S/c20-14-2-1-3-15(10-14)22-16(28)11-25-6-8-26(9-7-25)17(29)12-30-19-24-23-18(27(19)21)13-4-5-13/h1-3,10,13H,4-9,11-12,21H2,(H,22,28). The molecule has 2 amide bonds. The number of halogens is 1. The summed E-state index contributed by atoms with van der Waals surface area (Å²) in [5.41, 5.74) is 0.434. The first-order valence-corrected chi connectivity index (χ1v) is 10.9. The SMILES string of the molecule is Nn1c(SCC(=O)N2CCN(CC(=O)Nc3cccc(F)c3)CC2)nnc1C1CC1. The van der Waals surface area contributed by atoms with E-state index < -0.39 is 5.82 Å². The summed E-state index contributed by atoms with van der Waals surface area (Å²) in [6.45, 7) is 2.51. The maximum absolute atomic E-state index is 13.2. The number of carbonyl (C=O) groups is 2. The van der Waals surface area contributed by atoms with Crippen LogP contribution >= 0.6 is 11.8 Å². The molecule has 30 heavy (non-hydrogen) atoms. The number of nitrogen functional groups attached to an aromatic ring is 1. The van der Waals surface area contributed by atoms with Crippen molar-refractivity contribution in [2.24, 2.45) is 0 Å². The van der Waals surface area contributed by atoms with Gasteiger partial charge in [0.15, 0.2) is 5.82 Å². The van der Waals surface area contributed by atoms with Gasteiger partial charge in [-0.15, -0.1) is 10.2 Å². The molecule has 0 radical (unpaired) electrons. The lowest BCUT2D eigenvalue weighted by atomic mass is 10.3. The fraction of sp³-hybridized carbons (Fsp3) is 0.474. The number of hydrogen-bond acceptors (Lipinski definition) is 7. The minimum Gasteiger partial charge on any atom is -0.339 e. The van der Waals surface area contributed by atoms with E-state index >= 15 is 0 Å². The predicted octanol–water partition coefficient (Wildman–Crippen LogP) is 0.883. The first-order valence-electron chi connectivity index (χ1n) is 9.88. The Morgan fingerprint density at radius 2 is 1.97 bits per heavy atom. The van der Waals surface area contributed by atoms with Crippen molar-refractivity contribution >= 4 is 29.3 Å². The number of nitrogens with zero attached hydrogens (tertiary/aromatic N) is 5. The average Bonchev–Trinajstić information content (AvgIpc) is 3.49. The molecule has 1 aliphatic heterocycles. The number of anilines is 1. The van der Waals surface area contributed by atoms with Gasteiger partial charge >= 0.3 is 0 Å². The fourth-order valence-electron chi connectivity index (χ4n) is 3.35. The van der Waals surface area contributed by atoms with Crippen molar-refractivity contribution in [3.63, 3.8) is 0 Å². The number of nitrogens with two attached hydrogens (primary N) is 1. The Bertz CT molecular complexity index is 925. The highest BCUT2D eigenvalue weighted by molar-refractivity contribution is 7.99. The molecule has 9 nitrogen and oxygen atoms in total. The molecule has 2 aromatic rings. The van der Waals surface area contributed by atoms with Crippen LogP contribution in [-0.4, -0.2) is 75.0 Å². The summed E-state index contributed by atoms with van der Waals surface area (Å²) in [6.07, 6.45) is 2.17. The van der Waals surface area contributed by atoms with Crippen molar-refractivity contribution < 1.29 is 14.0 Å². The third-order valence-corrected chi connectivity index (χ3v) is 6.09. The first kappa shape index (κ1) is 20.6. The third kappa shape index (κ3) is 5.08. The second kappa shape index (κ2) is 9.00. The van der Waals surface area contributed by atoms with E-state index in [9.17, 15) is 14.0 Å². The monoisotopic (exact) mass is 433 g/mol. The number of hydrogen-bond donors (Lipinski definition) is 2. The van der Waals surface area contributed by atoms with Gasteiger partial charge in [0.25, 0.3) is 0 Å². The Morgan fingerprint density at radius 3 is 2.67 bits per heavy atom. The van der Waals surface area contributed by atoms with Crippen LogP contribution in [0.25, 0.3) is 0 Å². The van der Waals surface area contributed by atoms with Gasteiger partial charge in [-0.05, 0) is 31.0 Å². The van der Waals surface area contributed by atoms with Crippen molar-refractivity contribution in [1.82, 2.24) is 24.7 Å². The van der Waals surface area contributed by atoms with Gasteiger partial charge in [-0.1, -0.05) is 17.8 Å². The van der Waals surface area contributed by atoms with Crippen LogP contribution in [0.4, 0.5) is 10.1 Å². The minimum absolute atomic E-state index is 0.0137. The molecular formula is C19H24FN7O2S. The van der Waals surface area contributed by atoms with Crippen molar-refractivity contribution in [3.8, 4) is 0 Å². The molecule has 1 saturated heterocycles. The number of piperazine rings is 1. The summed E-state index contributed by atoms with van der Waals surface area (Å²) in [4.78, 5) is 28.4. The number of thioether (sulfide) groups is 1. The smallest absolute Gasteiger partial charge is 0.238 e.